The molecule has 1 saturated heterocycles. The molecule has 0 aromatic carbocycles. The van der Waals surface area contributed by atoms with Gasteiger partial charge < -0.3 is 4.74 Å². The molecule has 1 unspecified atom stereocenters. The number of hydrogen-bond donors (Lipinski definition) is 0. The van der Waals surface area contributed by atoms with Crippen molar-refractivity contribution >= 4 is 41.0 Å². The Bertz CT molecular complexity index is 356. The second-order valence-electron chi connectivity index (χ2n) is 3.38. The fourth-order valence-electron chi connectivity index (χ4n) is 1.53. The van der Waals surface area contributed by atoms with Gasteiger partial charge in [0.25, 0.3) is 5.91 Å². The van der Waals surface area contributed by atoms with E-state index in [1.54, 1.807) is 0 Å². The minimum atomic E-state index is -1.37. The number of ether oxygens (including phenoxy) is 1. The van der Waals surface area contributed by atoms with Crippen LogP contribution in [0.4, 0.5) is 0 Å². The normalized spacial score (nSPS) is 19.6. The van der Waals surface area contributed by atoms with Crippen LogP contribution in [0.5, 0.6) is 0 Å². The summed E-state index contributed by atoms with van der Waals surface area (Å²) in [6.45, 7) is 3.41. The Morgan fingerprint density at radius 2 is 2.24 bits per heavy atom. The number of rotatable bonds is 4. The van der Waals surface area contributed by atoms with Gasteiger partial charge in [0.2, 0.25) is 5.91 Å². The molecular formula is C10H11Cl2NO4. The van der Waals surface area contributed by atoms with E-state index < -0.39 is 28.7 Å². The molecule has 1 aliphatic rings. The third-order valence-corrected chi connectivity index (χ3v) is 2.62. The molecule has 0 saturated carbocycles. The van der Waals surface area contributed by atoms with Crippen LogP contribution in [0, 0.1) is 0 Å². The lowest BCUT2D eigenvalue weighted by molar-refractivity contribution is -0.156. The first-order valence-electron chi connectivity index (χ1n) is 4.90. The zero-order valence-corrected chi connectivity index (χ0v) is 10.4. The van der Waals surface area contributed by atoms with Crippen LogP contribution in [0.15, 0.2) is 12.7 Å². The number of hydrogen-bond acceptors (Lipinski definition) is 4. The van der Waals surface area contributed by atoms with E-state index in [0.717, 1.165) is 4.90 Å². The topological polar surface area (TPSA) is 63.7 Å². The molecule has 1 rings (SSSR count). The Balaban J connectivity index is 2.77. The fraction of sp³-hybridized carbons (Fsp3) is 0.500. The van der Waals surface area contributed by atoms with Crippen molar-refractivity contribution in [3.63, 3.8) is 0 Å². The number of esters is 1. The van der Waals surface area contributed by atoms with Gasteiger partial charge in [0, 0.05) is 6.42 Å². The van der Waals surface area contributed by atoms with Gasteiger partial charge in [-0.15, -0.1) is 0 Å². The van der Waals surface area contributed by atoms with Crippen molar-refractivity contribution in [2.75, 3.05) is 6.61 Å². The predicted molar refractivity (Wildman–Crippen MR) is 61.5 cm³/mol. The fourth-order valence-corrected chi connectivity index (χ4v) is 1.74. The molecule has 0 bridgehead atoms. The first-order chi connectivity index (χ1) is 7.99. The van der Waals surface area contributed by atoms with Crippen LogP contribution in [0.3, 0.4) is 0 Å². The third kappa shape index (κ3) is 3.20. The second kappa shape index (κ2) is 6.02. The van der Waals surface area contributed by atoms with E-state index in [1.807, 2.05) is 0 Å². The molecule has 5 nitrogen and oxygen atoms in total. The van der Waals surface area contributed by atoms with Gasteiger partial charge in [0.05, 0.1) is 0 Å². The summed E-state index contributed by atoms with van der Waals surface area (Å²) in [6, 6.07) is -0.935. The monoisotopic (exact) mass is 279 g/mol. The molecule has 0 spiro atoms. The summed E-state index contributed by atoms with van der Waals surface area (Å²) >= 11 is 10.8. The minimum Gasteiger partial charge on any atom is -0.460 e. The Morgan fingerprint density at radius 1 is 1.59 bits per heavy atom. The summed E-state index contributed by atoms with van der Waals surface area (Å²) in [4.78, 5) is 34.0. The van der Waals surface area contributed by atoms with Gasteiger partial charge in [-0.25, -0.2) is 4.79 Å². The number of carbonyl (C=O) groups is 3. The summed E-state index contributed by atoms with van der Waals surface area (Å²) in [5.74, 6) is -1.92. The second-order valence-corrected chi connectivity index (χ2v) is 4.47. The number of carbonyl (C=O) groups excluding carboxylic acids is 3. The summed E-state index contributed by atoms with van der Waals surface area (Å²) in [7, 11) is 0. The lowest BCUT2D eigenvalue weighted by Crippen LogP contribution is -2.45. The van der Waals surface area contributed by atoms with E-state index in [2.05, 4.69) is 6.58 Å². The Kier molecular flexibility index (Phi) is 4.96. The number of likely N-dealkylation sites (tertiary alicyclic amines) is 1. The van der Waals surface area contributed by atoms with Crippen LogP contribution in [0.25, 0.3) is 0 Å². The van der Waals surface area contributed by atoms with Crippen molar-refractivity contribution in [1.82, 2.24) is 4.90 Å². The largest absolute Gasteiger partial charge is 0.460 e. The molecule has 1 fully saturated rings. The lowest BCUT2D eigenvalue weighted by atomic mass is 10.2. The van der Waals surface area contributed by atoms with Crippen LogP contribution in [-0.4, -0.2) is 40.2 Å². The third-order valence-electron chi connectivity index (χ3n) is 2.25. The Labute approximate surface area is 108 Å². The average molecular weight is 280 g/mol. The van der Waals surface area contributed by atoms with Crippen molar-refractivity contribution in [1.29, 1.82) is 0 Å². The van der Waals surface area contributed by atoms with Gasteiger partial charge in [-0.3, -0.25) is 14.5 Å². The standard InChI is InChI=1S/C10H11Cl2NO4/c1-2-5-17-10(16)6-3-4-7(14)13(6)9(15)8(11)12/h2,6,8H,1,3-5H2. The molecule has 0 radical (unpaired) electrons. The zero-order valence-electron chi connectivity index (χ0n) is 8.90. The molecule has 1 heterocycles. The molecule has 0 N–H and O–H groups in total. The van der Waals surface area contributed by atoms with Crippen LogP contribution in [0.2, 0.25) is 0 Å². The maximum absolute atomic E-state index is 11.6. The van der Waals surface area contributed by atoms with Gasteiger partial charge in [0.15, 0.2) is 4.84 Å². The summed E-state index contributed by atoms with van der Waals surface area (Å²) < 4.78 is 4.79. The molecule has 94 valence electrons. The molecule has 1 aliphatic heterocycles. The maximum Gasteiger partial charge on any atom is 0.329 e. The number of halogens is 2. The van der Waals surface area contributed by atoms with E-state index in [1.165, 1.54) is 6.08 Å². The van der Waals surface area contributed by atoms with Crippen molar-refractivity contribution < 1.29 is 19.1 Å². The van der Waals surface area contributed by atoms with Gasteiger partial charge in [-0.1, -0.05) is 35.9 Å². The van der Waals surface area contributed by atoms with Gasteiger partial charge in [-0.2, -0.15) is 0 Å². The molecule has 0 aromatic rings. The van der Waals surface area contributed by atoms with Gasteiger partial charge in [0.1, 0.15) is 12.6 Å². The number of nitrogens with zero attached hydrogens (tertiary/aromatic N) is 1. The first-order valence-corrected chi connectivity index (χ1v) is 5.78. The Morgan fingerprint density at radius 3 is 2.76 bits per heavy atom. The minimum absolute atomic E-state index is 0.0245. The molecule has 17 heavy (non-hydrogen) atoms. The smallest absolute Gasteiger partial charge is 0.329 e. The SMILES string of the molecule is C=CCOC(=O)C1CCC(=O)N1C(=O)C(Cl)Cl. The summed E-state index contributed by atoms with van der Waals surface area (Å²) in [5, 5.41) is 0. The van der Waals surface area contributed by atoms with Crippen molar-refractivity contribution in [2.45, 2.75) is 23.7 Å². The van der Waals surface area contributed by atoms with E-state index in [-0.39, 0.29) is 19.4 Å². The predicted octanol–water partition coefficient (Wildman–Crippen LogP) is 1.04. The molecule has 2 amide bonds. The van der Waals surface area contributed by atoms with Crippen LogP contribution < -0.4 is 0 Å². The van der Waals surface area contributed by atoms with Crippen molar-refractivity contribution in [2.24, 2.45) is 0 Å². The molecule has 1 atom stereocenters. The highest BCUT2D eigenvalue weighted by atomic mass is 35.5. The van der Waals surface area contributed by atoms with Crippen LogP contribution in [-0.2, 0) is 19.1 Å². The van der Waals surface area contributed by atoms with E-state index >= 15 is 0 Å². The van der Waals surface area contributed by atoms with Crippen molar-refractivity contribution in [3.8, 4) is 0 Å². The highest BCUT2D eigenvalue weighted by molar-refractivity contribution is 6.54. The maximum atomic E-state index is 11.6. The molecule has 7 heteroatoms. The molecule has 0 aromatic heterocycles. The summed E-state index contributed by atoms with van der Waals surface area (Å²) in [6.07, 6.45) is 1.72. The first kappa shape index (κ1) is 14.0. The van der Waals surface area contributed by atoms with E-state index in [4.69, 9.17) is 27.9 Å². The Hall–Kier alpha value is -1.07. The van der Waals surface area contributed by atoms with Gasteiger partial charge in [-0.05, 0) is 6.42 Å². The lowest BCUT2D eigenvalue weighted by Gasteiger charge is -2.21. The zero-order chi connectivity index (χ0) is 13.0. The molecule has 0 aliphatic carbocycles. The highest BCUT2D eigenvalue weighted by Crippen LogP contribution is 2.23. The quantitative estimate of drug-likeness (QED) is 0.438. The van der Waals surface area contributed by atoms with E-state index in [0.29, 0.717) is 0 Å². The number of imide groups is 1. The highest BCUT2D eigenvalue weighted by Gasteiger charge is 2.42. The summed E-state index contributed by atoms with van der Waals surface area (Å²) in [5.41, 5.74) is 0. The number of alkyl halides is 2. The van der Waals surface area contributed by atoms with Crippen LogP contribution >= 0.6 is 23.2 Å². The van der Waals surface area contributed by atoms with E-state index in [9.17, 15) is 14.4 Å². The van der Waals surface area contributed by atoms with Crippen LogP contribution in [0.1, 0.15) is 12.8 Å². The van der Waals surface area contributed by atoms with Crippen molar-refractivity contribution in [3.05, 3.63) is 12.7 Å². The number of amides is 2. The molecular weight excluding hydrogens is 269 g/mol. The average Bonchev–Trinajstić information content (AvgIpc) is 2.66. The van der Waals surface area contributed by atoms with Gasteiger partial charge >= 0.3 is 5.97 Å².